The standard InChI is InChI=1S/C20H23FN2O/c21-17-7-3-6-16(14-17)15-19-10-5-13-23(19)20(24)11-4-9-18-8-1-2-12-22-18/h1-3,6-8,12,14,19H,4-5,9-11,13,15H2/t19-/m0/s1. The largest absolute Gasteiger partial charge is 0.339 e. The van der Waals surface area contributed by atoms with Crippen molar-refractivity contribution in [2.45, 2.75) is 44.6 Å². The molecule has 1 amide bonds. The lowest BCUT2D eigenvalue weighted by molar-refractivity contribution is -0.132. The number of likely N-dealkylation sites (tertiary alicyclic amines) is 1. The molecule has 1 saturated heterocycles. The molecule has 24 heavy (non-hydrogen) atoms. The molecule has 1 aliphatic heterocycles. The highest BCUT2D eigenvalue weighted by molar-refractivity contribution is 5.76. The zero-order chi connectivity index (χ0) is 16.8. The van der Waals surface area contributed by atoms with Crippen LogP contribution in [0.15, 0.2) is 48.7 Å². The van der Waals surface area contributed by atoms with Gasteiger partial charge in [0.25, 0.3) is 0 Å². The van der Waals surface area contributed by atoms with Crippen LogP contribution in [-0.2, 0) is 17.6 Å². The summed E-state index contributed by atoms with van der Waals surface area (Å²) in [5.74, 6) is 0.00330. The first kappa shape index (κ1) is 16.6. The molecule has 1 aliphatic rings. The number of carbonyl (C=O) groups is 1. The van der Waals surface area contributed by atoms with Crippen molar-refractivity contribution in [1.82, 2.24) is 9.88 Å². The molecule has 0 spiro atoms. The fourth-order valence-corrected chi connectivity index (χ4v) is 3.42. The van der Waals surface area contributed by atoms with Crippen LogP contribution in [0.1, 0.15) is 36.9 Å². The van der Waals surface area contributed by atoms with Crippen LogP contribution in [0.2, 0.25) is 0 Å². The van der Waals surface area contributed by atoms with Crippen LogP contribution in [0.25, 0.3) is 0 Å². The summed E-state index contributed by atoms with van der Waals surface area (Å²) in [7, 11) is 0. The third-order valence-electron chi connectivity index (χ3n) is 4.61. The minimum atomic E-state index is -0.210. The van der Waals surface area contributed by atoms with Crippen molar-refractivity contribution >= 4 is 5.91 Å². The molecule has 126 valence electrons. The van der Waals surface area contributed by atoms with Crippen LogP contribution in [0.5, 0.6) is 0 Å². The van der Waals surface area contributed by atoms with E-state index in [2.05, 4.69) is 4.98 Å². The molecule has 1 fully saturated rings. The van der Waals surface area contributed by atoms with Gasteiger partial charge in [-0.2, -0.15) is 0 Å². The van der Waals surface area contributed by atoms with E-state index in [4.69, 9.17) is 0 Å². The Kier molecular flexibility index (Phi) is 5.57. The summed E-state index contributed by atoms with van der Waals surface area (Å²) >= 11 is 0. The number of carbonyl (C=O) groups excluding carboxylic acids is 1. The van der Waals surface area contributed by atoms with Crippen molar-refractivity contribution in [3.8, 4) is 0 Å². The Labute approximate surface area is 142 Å². The normalized spacial score (nSPS) is 17.2. The average molecular weight is 326 g/mol. The van der Waals surface area contributed by atoms with Crippen molar-refractivity contribution in [1.29, 1.82) is 0 Å². The Bertz CT molecular complexity index is 674. The van der Waals surface area contributed by atoms with Crippen LogP contribution in [-0.4, -0.2) is 28.4 Å². The topological polar surface area (TPSA) is 33.2 Å². The molecule has 1 aromatic carbocycles. The third kappa shape index (κ3) is 4.40. The summed E-state index contributed by atoms with van der Waals surface area (Å²) in [5, 5.41) is 0. The van der Waals surface area contributed by atoms with Crippen molar-refractivity contribution in [3.05, 3.63) is 65.7 Å². The van der Waals surface area contributed by atoms with Gasteiger partial charge in [0.2, 0.25) is 5.91 Å². The molecule has 3 rings (SSSR count). The van der Waals surface area contributed by atoms with Crippen LogP contribution in [0, 0.1) is 5.82 Å². The number of hydrogen-bond acceptors (Lipinski definition) is 2. The number of nitrogens with zero attached hydrogens (tertiary/aromatic N) is 2. The van der Waals surface area contributed by atoms with Crippen molar-refractivity contribution < 1.29 is 9.18 Å². The van der Waals surface area contributed by atoms with E-state index in [9.17, 15) is 9.18 Å². The van der Waals surface area contributed by atoms with Gasteiger partial charge < -0.3 is 4.90 Å². The smallest absolute Gasteiger partial charge is 0.222 e. The fourth-order valence-electron chi connectivity index (χ4n) is 3.42. The minimum absolute atomic E-state index is 0.203. The monoisotopic (exact) mass is 326 g/mol. The maximum Gasteiger partial charge on any atom is 0.222 e. The summed E-state index contributed by atoms with van der Waals surface area (Å²) in [6, 6.07) is 12.8. The SMILES string of the molecule is O=C(CCCc1ccccn1)N1CCC[C@H]1Cc1cccc(F)c1. The van der Waals surface area contributed by atoms with E-state index < -0.39 is 0 Å². The highest BCUT2D eigenvalue weighted by Gasteiger charge is 2.28. The molecule has 0 aliphatic carbocycles. The van der Waals surface area contributed by atoms with E-state index in [0.717, 1.165) is 49.9 Å². The molecule has 0 unspecified atom stereocenters. The highest BCUT2D eigenvalue weighted by Crippen LogP contribution is 2.23. The number of hydrogen-bond donors (Lipinski definition) is 0. The van der Waals surface area contributed by atoms with Gasteiger partial charge in [0.05, 0.1) is 0 Å². The van der Waals surface area contributed by atoms with Gasteiger partial charge >= 0.3 is 0 Å². The predicted molar refractivity (Wildman–Crippen MR) is 92.0 cm³/mol. The Balaban J connectivity index is 1.51. The number of aromatic nitrogens is 1. The summed E-state index contributed by atoms with van der Waals surface area (Å²) in [4.78, 5) is 18.8. The summed E-state index contributed by atoms with van der Waals surface area (Å²) < 4.78 is 13.3. The van der Waals surface area contributed by atoms with Gasteiger partial charge in [-0.15, -0.1) is 0 Å². The molecular formula is C20H23FN2O. The molecule has 1 aromatic heterocycles. The highest BCUT2D eigenvalue weighted by atomic mass is 19.1. The maximum absolute atomic E-state index is 13.3. The lowest BCUT2D eigenvalue weighted by Gasteiger charge is -2.25. The Morgan fingerprint density at radius 2 is 2.17 bits per heavy atom. The molecular weight excluding hydrogens is 303 g/mol. The predicted octanol–water partition coefficient (Wildman–Crippen LogP) is 3.78. The molecule has 4 heteroatoms. The molecule has 3 nitrogen and oxygen atoms in total. The fraction of sp³-hybridized carbons (Fsp3) is 0.400. The molecule has 2 heterocycles. The molecule has 2 aromatic rings. The van der Waals surface area contributed by atoms with E-state index in [1.807, 2.05) is 29.2 Å². The number of amides is 1. The zero-order valence-corrected chi connectivity index (χ0v) is 13.8. The Hall–Kier alpha value is -2.23. The van der Waals surface area contributed by atoms with Gasteiger partial charge in [-0.3, -0.25) is 9.78 Å². The number of aryl methyl sites for hydroxylation is 1. The third-order valence-corrected chi connectivity index (χ3v) is 4.61. The number of rotatable bonds is 6. The van der Waals surface area contributed by atoms with E-state index in [1.165, 1.54) is 6.07 Å². The van der Waals surface area contributed by atoms with Gasteiger partial charge in [-0.05, 0) is 61.9 Å². The lowest BCUT2D eigenvalue weighted by Crippen LogP contribution is -2.36. The van der Waals surface area contributed by atoms with Crippen LogP contribution >= 0.6 is 0 Å². The zero-order valence-electron chi connectivity index (χ0n) is 13.8. The van der Waals surface area contributed by atoms with Gasteiger partial charge in [-0.1, -0.05) is 18.2 Å². The van der Waals surface area contributed by atoms with Crippen molar-refractivity contribution in [3.63, 3.8) is 0 Å². The summed E-state index contributed by atoms with van der Waals surface area (Å²) in [6.07, 6.45) is 6.76. The van der Waals surface area contributed by atoms with E-state index in [0.29, 0.717) is 6.42 Å². The van der Waals surface area contributed by atoms with E-state index in [1.54, 1.807) is 18.3 Å². The van der Waals surface area contributed by atoms with E-state index in [-0.39, 0.29) is 17.8 Å². The first-order valence-electron chi connectivity index (χ1n) is 8.66. The summed E-state index contributed by atoms with van der Waals surface area (Å²) in [5.41, 5.74) is 2.00. The van der Waals surface area contributed by atoms with Crippen molar-refractivity contribution in [2.75, 3.05) is 6.54 Å². The number of halogens is 1. The number of benzene rings is 1. The first-order valence-corrected chi connectivity index (χ1v) is 8.66. The first-order chi connectivity index (χ1) is 11.7. The molecule has 0 N–H and O–H groups in total. The second kappa shape index (κ2) is 8.04. The molecule has 0 saturated carbocycles. The lowest BCUT2D eigenvalue weighted by atomic mass is 10.0. The Morgan fingerprint density at radius 1 is 1.25 bits per heavy atom. The molecule has 0 bridgehead atoms. The van der Waals surface area contributed by atoms with Gasteiger partial charge in [0.15, 0.2) is 0 Å². The second-order valence-corrected chi connectivity index (χ2v) is 6.39. The van der Waals surface area contributed by atoms with Gasteiger partial charge in [0.1, 0.15) is 5.82 Å². The number of pyridine rings is 1. The summed E-state index contributed by atoms with van der Waals surface area (Å²) in [6.45, 7) is 0.822. The minimum Gasteiger partial charge on any atom is -0.339 e. The maximum atomic E-state index is 13.3. The van der Waals surface area contributed by atoms with Crippen molar-refractivity contribution in [2.24, 2.45) is 0 Å². The quantitative estimate of drug-likeness (QED) is 0.809. The average Bonchev–Trinajstić information content (AvgIpc) is 3.04. The van der Waals surface area contributed by atoms with Crippen LogP contribution in [0.3, 0.4) is 0 Å². The molecule has 1 atom stereocenters. The Morgan fingerprint density at radius 3 is 2.96 bits per heavy atom. The van der Waals surface area contributed by atoms with Gasteiger partial charge in [-0.25, -0.2) is 4.39 Å². The molecule has 0 radical (unpaired) electrons. The second-order valence-electron chi connectivity index (χ2n) is 6.39. The van der Waals surface area contributed by atoms with Crippen LogP contribution < -0.4 is 0 Å². The van der Waals surface area contributed by atoms with Crippen LogP contribution in [0.4, 0.5) is 4.39 Å². The van der Waals surface area contributed by atoms with E-state index >= 15 is 0 Å². The van der Waals surface area contributed by atoms with Gasteiger partial charge in [0, 0.05) is 30.9 Å².